The molecule has 6 heteroatoms. The molecule has 0 saturated carbocycles. The van der Waals surface area contributed by atoms with E-state index in [2.05, 4.69) is 12.2 Å². The molecular weight excluding hydrogens is 421 g/mol. The van der Waals surface area contributed by atoms with Gasteiger partial charge in [0.25, 0.3) is 0 Å². The zero-order chi connectivity index (χ0) is 23.7. The van der Waals surface area contributed by atoms with Crippen LogP contribution in [0.4, 0.5) is 5.69 Å². The van der Waals surface area contributed by atoms with Crippen molar-refractivity contribution >= 4 is 19.2 Å². The number of hydrogen-bond donors (Lipinski definition) is 3. The zero-order valence-corrected chi connectivity index (χ0v) is 21.3. The first-order valence-corrected chi connectivity index (χ1v) is 14.6. The summed E-state index contributed by atoms with van der Waals surface area (Å²) < 4.78 is 11.4. The topological polar surface area (TPSA) is 86.6 Å². The number of hydrogen-bond acceptors (Lipinski definition) is 2. The van der Waals surface area contributed by atoms with Crippen LogP contribution in [0.2, 0.25) is 0 Å². The molecule has 184 valence electrons. The molecular formula is C26H46NO4P. The van der Waals surface area contributed by atoms with Crippen LogP contribution in [0.25, 0.3) is 0 Å². The second-order valence-corrected chi connectivity index (χ2v) is 10.9. The lowest BCUT2D eigenvalue weighted by atomic mass is 10.0. The van der Waals surface area contributed by atoms with Crippen LogP contribution in [0.3, 0.4) is 0 Å². The van der Waals surface area contributed by atoms with Crippen LogP contribution >= 0.6 is 7.60 Å². The van der Waals surface area contributed by atoms with Crippen LogP contribution < -0.4 is 5.32 Å². The largest absolute Gasteiger partial charge is 0.329 e. The Kier molecular flexibility index (Phi) is 15.6. The summed E-state index contributed by atoms with van der Waals surface area (Å²) in [7, 11) is -4.18. The van der Waals surface area contributed by atoms with Gasteiger partial charge in [0.15, 0.2) is 0 Å². The van der Waals surface area contributed by atoms with Gasteiger partial charge in [-0.25, -0.2) is 0 Å². The van der Waals surface area contributed by atoms with Crippen LogP contribution in [-0.4, -0.2) is 15.7 Å². The quantitative estimate of drug-likeness (QED) is 0.143. The Morgan fingerprint density at radius 1 is 0.812 bits per heavy atom. The molecule has 0 radical (unpaired) electrons. The first kappa shape index (κ1) is 28.9. The number of aryl methyl sites for hydroxylation is 1. The molecule has 3 N–H and O–H groups in total. The predicted octanol–water partition coefficient (Wildman–Crippen LogP) is 7.87. The minimum atomic E-state index is -4.18. The average Bonchev–Trinajstić information content (AvgIpc) is 2.72. The van der Waals surface area contributed by atoms with Crippen LogP contribution in [0.15, 0.2) is 18.2 Å². The van der Waals surface area contributed by atoms with Gasteiger partial charge in [0.2, 0.25) is 5.91 Å². The van der Waals surface area contributed by atoms with Gasteiger partial charge in [0.05, 0.1) is 6.16 Å². The van der Waals surface area contributed by atoms with Crippen molar-refractivity contribution in [1.82, 2.24) is 0 Å². The van der Waals surface area contributed by atoms with Gasteiger partial charge in [-0.1, -0.05) is 115 Å². The molecule has 0 saturated heterocycles. The molecule has 0 unspecified atom stereocenters. The molecule has 1 aromatic carbocycles. The molecule has 0 aromatic heterocycles. The third-order valence-electron chi connectivity index (χ3n) is 5.92. The minimum Gasteiger partial charge on any atom is -0.326 e. The van der Waals surface area contributed by atoms with E-state index in [1.54, 1.807) is 12.1 Å². The van der Waals surface area contributed by atoms with Gasteiger partial charge in [-0.15, -0.1) is 0 Å². The van der Waals surface area contributed by atoms with Crippen molar-refractivity contribution in [2.45, 2.75) is 123 Å². The normalized spacial score (nSPS) is 11.6. The summed E-state index contributed by atoms with van der Waals surface area (Å²) in [5.41, 5.74) is 1.90. The third kappa shape index (κ3) is 15.6. The van der Waals surface area contributed by atoms with Gasteiger partial charge in [0.1, 0.15) is 0 Å². The van der Waals surface area contributed by atoms with Gasteiger partial charge < -0.3 is 15.1 Å². The second kappa shape index (κ2) is 17.3. The Balaban J connectivity index is 2.05. The number of amides is 1. The molecule has 0 aliphatic heterocycles. The molecule has 0 aliphatic rings. The Labute approximate surface area is 195 Å². The first-order chi connectivity index (χ1) is 15.3. The van der Waals surface area contributed by atoms with E-state index in [9.17, 15) is 19.1 Å². The van der Waals surface area contributed by atoms with Crippen LogP contribution in [0, 0.1) is 6.92 Å². The fraction of sp³-hybridized carbons (Fsp3) is 0.731. The molecule has 1 amide bonds. The second-order valence-electron chi connectivity index (χ2n) is 9.23. The van der Waals surface area contributed by atoms with Crippen molar-refractivity contribution in [2.75, 3.05) is 5.32 Å². The number of unbranched alkanes of at least 4 members (excludes halogenated alkanes) is 14. The van der Waals surface area contributed by atoms with Gasteiger partial charge >= 0.3 is 7.60 Å². The summed E-state index contributed by atoms with van der Waals surface area (Å²) >= 11 is 0. The lowest BCUT2D eigenvalue weighted by molar-refractivity contribution is -0.116. The molecule has 0 spiro atoms. The van der Waals surface area contributed by atoms with E-state index in [4.69, 9.17) is 0 Å². The van der Waals surface area contributed by atoms with Crippen molar-refractivity contribution in [2.24, 2.45) is 0 Å². The Hall–Kier alpha value is -1.16. The van der Waals surface area contributed by atoms with E-state index < -0.39 is 7.60 Å². The number of benzene rings is 1. The average molecular weight is 468 g/mol. The van der Waals surface area contributed by atoms with Crippen molar-refractivity contribution < 1.29 is 19.1 Å². The maximum Gasteiger partial charge on any atom is 0.329 e. The maximum absolute atomic E-state index is 12.2. The van der Waals surface area contributed by atoms with Crippen molar-refractivity contribution in [3.05, 3.63) is 29.3 Å². The standard InChI is InChI=1S/C26H46NO4P/c1-3-4-5-6-7-8-9-10-11-12-13-14-15-16-17-18-26(28)27-25-20-19-23(2)21-24(25)22-32(29,30)31/h19-21H,3-18,22H2,1-2H3,(H,27,28)(H2,29,30,31). The van der Waals surface area contributed by atoms with E-state index in [0.717, 1.165) is 18.4 Å². The Bertz CT molecular complexity index is 686. The molecule has 0 fully saturated rings. The van der Waals surface area contributed by atoms with E-state index in [0.29, 0.717) is 17.7 Å². The Morgan fingerprint density at radius 3 is 1.75 bits per heavy atom. The SMILES string of the molecule is CCCCCCCCCCCCCCCCCC(=O)Nc1ccc(C)cc1CP(=O)(O)O. The molecule has 32 heavy (non-hydrogen) atoms. The fourth-order valence-corrected chi connectivity index (χ4v) is 4.77. The molecule has 1 rings (SSSR count). The van der Waals surface area contributed by atoms with E-state index in [1.807, 2.05) is 13.0 Å². The third-order valence-corrected chi connectivity index (χ3v) is 6.67. The summed E-state index contributed by atoms with van der Waals surface area (Å²) in [4.78, 5) is 30.8. The van der Waals surface area contributed by atoms with Crippen LogP contribution in [0.1, 0.15) is 121 Å². The summed E-state index contributed by atoms with van der Waals surface area (Å²) in [6.07, 6.45) is 19.4. The lowest BCUT2D eigenvalue weighted by Gasteiger charge is -2.13. The minimum absolute atomic E-state index is 0.0875. The molecule has 0 aliphatic carbocycles. The highest BCUT2D eigenvalue weighted by Gasteiger charge is 2.17. The molecule has 0 bridgehead atoms. The van der Waals surface area contributed by atoms with Gasteiger partial charge in [-0.3, -0.25) is 9.36 Å². The molecule has 1 aromatic rings. The number of nitrogens with one attached hydrogen (secondary N) is 1. The Morgan fingerprint density at radius 2 is 1.28 bits per heavy atom. The zero-order valence-electron chi connectivity index (χ0n) is 20.4. The number of carbonyl (C=O) groups is 1. The fourth-order valence-electron chi connectivity index (χ4n) is 4.07. The van der Waals surface area contributed by atoms with Crippen molar-refractivity contribution in [3.8, 4) is 0 Å². The number of rotatable bonds is 19. The smallest absolute Gasteiger partial charge is 0.326 e. The molecule has 5 nitrogen and oxygen atoms in total. The summed E-state index contributed by atoms with van der Waals surface area (Å²) in [6.45, 7) is 4.13. The summed E-state index contributed by atoms with van der Waals surface area (Å²) in [5, 5.41) is 2.83. The van der Waals surface area contributed by atoms with Crippen molar-refractivity contribution in [1.29, 1.82) is 0 Å². The van der Waals surface area contributed by atoms with Gasteiger partial charge in [-0.2, -0.15) is 0 Å². The number of anilines is 1. The molecule has 0 atom stereocenters. The molecule has 0 heterocycles. The van der Waals surface area contributed by atoms with Crippen LogP contribution in [-0.2, 0) is 15.5 Å². The summed E-state index contributed by atoms with van der Waals surface area (Å²) in [5.74, 6) is -0.0875. The van der Waals surface area contributed by atoms with Crippen LogP contribution in [0.5, 0.6) is 0 Å². The maximum atomic E-state index is 12.2. The van der Waals surface area contributed by atoms with E-state index in [1.165, 1.54) is 83.5 Å². The number of carbonyl (C=O) groups excluding carboxylic acids is 1. The highest BCUT2D eigenvalue weighted by molar-refractivity contribution is 7.50. The van der Waals surface area contributed by atoms with E-state index in [-0.39, 0.29) is 12.1 Å². The lowest BCUT2D eigenvalue weighted by Crippen LogP contribution is -2.13. The first-order valence-electron chi connectivity index (χ1n) is 12.8. The highest BCUT2D eigenvalue weighted by atomic mass is 31.2. The van der Waals surface area contributed by atoms with Gasteiger partial charge in [-0.05, 0) is 25.0 Å². The van der Waals surface area contributed by atoms with E-state index >= 15 is 0 Å². The van der Waals surface area contributed by atoms with Crippen molar-refractivity contribution in [3.63, 3.8) is 0 Å². The predicted molar refractivity (Wildman–Crippen MR) is 135 cm³/mol. The van der Waals surface area contributed by atoms with Gasteiger partial charge in [0, 0.05) is 12.1 Å². The highest BCUT2D eigenvalue weighted by Crippen LogP contribution is 2.41. The summed E-state index contributed by atoms with van der Waals surface area (Å²) in [6, 6.07) is 5.29. The monoisotopic (exact) mass is 467 g/mol.